The predicted octanol–water partition coefficient (Wildman–Crippen LogP) is 2.23. The highest BCUT2D eigenvalue weighted by Crippen LogP contribution is 2.25. The van der Waals surface area contributed by atoms with Crippen LogP contribution in [0.1, 0.15) is 0 Å². The highest BCUT2D eigenvalue weighted by atomic mass is 16.5. The second-order valence-corrected chi connectivity index (χ2v) is 3.83. The van der Waals surface area contributed by atoms with E-state index in [1.165, 1.54) is 0 Å². The number of aliphatic hydroxyl groups is 1. The number of hydrogen-bond acceptors (Lipinski definition) is 3. The lowest BCUT2D eigenvalue weighted by molar-refractivity contribution is 0.0168. The molecule has 0 spiro atoms. The van der Waals surface area contributed by atoms with E-state index >= 15 is 0 Å². The molecule has 2 aromatic carbocycles. The Morgan fingerprint density at radius 3 is 2.65 bits per heavy atom. The van der Waals surface area contributed by atoms with E-state index in [1.54, 1.807) is 7.11 Å². The normalized spacial score (nSPS) is 12.6. The Bertz CT molecular complexity index is 472. The van der Waals surface area contributed by atoms with Crippen LogP contribution in [0.4, 0.5) is 0 Å². The monoisotopic (exact) mass is 232 g/mol. The van der Waals surface area contributed by atoms with Crippen LogP contribution in [0.25, 0.3) is 10.8 Å². The summed E-state index contributed by atoms with van der Waals surface area (Å²) in [6, 6.07) is 14.0. The lowest BCUT2D eigenvalue weighted by Crippen LogP contribution is -2.24. The number of methoxy groups -OCH3 is 1. The Kier molecular flexibility index (Phi) is 3.96. The third-order valence-corrected chi connectivity index (χ3v) is 2.71. The molecule has 0 aliphatic rings. The Labute approximate surface area is 101 Å². The molecule has 17 heavy (non-hydrogen) atoms. The summed E-state index contributed by atoms with van der Waals surface area (Å²) in [4.78, 5) is 0. The van der Waals surface area contributed by atoms with Gasteiger partial charge >= 0.3 is 0 Å². The van der Waals surface area contributed by atoms with Crippen molar-refractivity contribution in [1.82, 2.24) is 0 Å². The van der Waals surface area contributed by atoms with Gasteiger partial charge in [-0.2, -0.15) is 0 Å². The van der Waals surface area contributed by atoms with Crippen LogP contribution in [0.3, 0.4) is 0 Å². The van der Waals surface area contributed by atoms with Crippen molar-refractivity contribution < 1.29 is 14.6 Å². The van der Waals surface area contributed by atoms with Gasteiger partial charge in [0.05, 0.1) is 6.61 Å². The molecule has 0 fully saturated rings. The summed E-state index contributed by atoms with van der Waals surface area (Å²) in [6.07, 6.45) is -0.283. The van der Waals surface area contributed by atoms with Crippen molar-refractivity contribution in [2.24, 2.45) is 0 Å². The molecule has 0 heterocycles. The van der Waals surface area contributed by atoms with Gasteiger partial charge in [0.25, 0.3) is 0 Å². The van der Waals surface area contributed by atoms with Gasteiger partial charge in [-0.15, -0.1) is 0 Å². The van der Waals surface area contributed by atoms with E-state index < -0.39 is 0 Å². The van der Waals surface area contributed by atoms with E-state index in [0.717, 1.165) is 16.5 Å². The minimum Gasteiger partial charge on any atom is -0.490 e. The predicted molar refractivity (Wildman–Crippen MR) is 67.3 cm³/mol. The topological polar surface area (TPSA) is 38.7 Å². The number of ether oxygens (including phenoxy) is 2. The molecule has 0 radical (unpaired) electrons. The summed E-state index contributed by atoms with van der Waals surface area (Å²) in [5, 5.41) is 11.2. The molecular weight excluding hydrogens is 216 g/mol. The van der Waals surface area contributed by atoms with Gasteiger partial charge in [-0.1, -0.05) is 36.4 Å². The standard InChI is InChI=1S/C14H16O3/c1-16-12(9-15)10-17-14-8-4-6-11-5-2-3-7-13(11)14/h2-8,12,15H,9-10H2,1H3. The number of hydrogen-bond donors (Lipinski definition) is 1. The van der Waals surface area contributed by atoms with E-state index in [2.05, 4.69) is 0 Å². The molecule has 1 atom stereocenters. The lowest BCUT2D eigenvalue weighted by Gasteiger charge is -2.14. The fourth-order valence-corrected chi connectivity index (χ4v) is 1.70. The second-order valence-electron chi connectivity index (χ2n) is 3.83. The van der Waals surface area contributed by atoms with Crippen LogP contribution in [-0.2, 0) is 4.74 Å². The van der Waals surface area contributed by atoms with Crippen LogP contribution in [0, 0.1) is 0 Å². The Morgan fingerprint density at radius 2 is 1.88 bits per heavy atom. The Hall–Kier alpha value is -1.58. The largest absolute Gasteiger partial charge is 0.490 e. The summed E-state index contributed by atoms with van der Waals surface area (Å²) in [5.41, 5.74) is 0. The Morgan fingerprint density at radius 1 is 1.12 bits per heavy atom. The van der Waals surface area contributed by atoms with Gasteiger partial charge in [0, 0.05) is 12.5 Å². The minimum absolute atomic E-state index is 0.0404. The fourth-order valence-electron chi connectivity index (χ4n) is 1.70. The van der Waals surface area contributed by atoms with Crippen LogP contribution in [0.2, 0.25) is 0 Å². The molecule has 3 nitrogen and oxygen atoms in total. The van der Waals surface area contributed by atoms with Gasteiger partial charge in [-0.25, -0.2) is 0 Å². The summed E-state index contributed by atoms with van der Waals surface area (Å²) in [6.45, 7) is 0.308. The SMILES string of the molecule is COC(CO)COc1cccc2ccccc12. The first-order valence-electron chi connectivity index (χ1n) is 5.59. The minimum atomic E-state index is -0.283. The number of aliphatic hydroxyl groups excluding tert-OH is 1. The van der Waals surface area contributed by atoms with Gasteiger partial charge in [0.1, 0.15) is 18.5 Å². The van der Waals surface area contributed by atoms with Crippen LogP contribution in [-0.4, -0.2) is 31.5 Å². The van der Waals surface area contributed by atoms with Gasteiger partial charge < -0.3 is 14.6 Å². The average molecular weight is 232 g/mol. The highest BCUT2D eigenvalue weighted by Gasteiger charge is 2.07. The third kappa shape index (κ3) is 2.75. The molecule has 3 heteroatoms. The quantitative estimate of drug-likeness (QED) is 0.859. The molecule has 2 aromatic rings. The maximum atomic E-state index is 9.01. The summed E-state index contributed by atoms with van der Waals surface area (Å²) < 4.78 is 10.7. The molecule has 1 N–H and O–H groups in total. The lowest BCUT2D eigenvalue weighted by atomic mass is 10.1. The molecule has 0 aliphatic heterocycles. The second kappa shape index (κ2) is 5.66. The molecule has 0 amide bonds. The number of benzene rings is 2. The molecule has 0 saturated heterocycles. The number of fused-ring (bicyclic) bond motifs is 1. The van der Waals surface area contributed by atoms with Gasteiger partial charge in [-0.05, 0) is 11.5 Å². The van der Waals surface area contributed by atoms with E-state index in [9.17, 15) is 0 Å². The van der Waals surface area contributed by atoms with E-state index in [0.29, 0.717) is 6.61 Å². The van der Waals surface area contributed by atoms with Gasteiger partial charge in [-0.3, -0.25) is 0 Å². The highest BCUT2D eigenvalue weighted by molar-refractivity contribution is 5.88. The van der Waals surface area contributed by atoms with Crippen molar-refractivity contribution in [3.05, 3.63) is 42.5 Å². The maximum absolute atomic E-state index is 9.01. The van der Waals surface area contributed by atoms with Crippen LogP contribution in [0.5, 0.6) is 5.75 Å². The number of rotatable bonds is 5. The van der Waals surface area contributed by atoms with E-state index in [1.807, 2.05) is 42.5 Å². The van der Waals surface area contributed by atoms with Crippen molar-refractivity contribution in [3.8, 4) is 5.75 Å². The first-order chi connectivity index (χ1) is 8.35. The van der Waals surface area contributed by atoms with Gasteiger partial charge in [0.2, 0.25) is 0 Å². The smallest absolute Gasteiger partial charge is 0.127 e. The average Bonchev–Trinajstić information content (AvgIpc) is 2.40. The molecule has 0 bridgehead atoms. The molecule has 90 valence electrons. The zero-order valence-corrected chi connectivity index (χ0v) is 9.80. The van der Waals surface area contributed by atoms with E-state index in [4.69, 9.17) is 14.6 Å². The zero-order valence-electron chi connectivity index (χ0n) is 9.80. The third-order valence-electron chi connectivity index (χ3n) is 2.71. The first-order valence-corrected chi connectivity index (χ1v) is 5.59. The maximum Gasteiger partial charge on any atom is 0.127 e. The molecule has 2 rings (SSSR count). The molecule has 0 saturated carbocycles. The van der Waals surface area contributed by atoms with Crippen molar-refractivity contribution in [2.75, 3.05) is 20.3 Å². The van der Waals surface area contributed by atoms with Gasteiger partial charge in [0.15, 0.2) is 0 Å². The molecule has 1 unspecified atom stereocenters. The zero-order chi connectivity index (χ0) is 12.1. The van der Waals surface area contributed by atoms with Crippen molar-refractivity contribution in [2.45, 2.75) is 6.10 Å². The first kappa shape index (κ1) is 11.9. The van der Waals surface area contributed by atoms with E-state index in [-0.39, 0.29) is 12.7 Å². The summed E-state index contributed by atoms with van der Waals surface area (Å²) in [5.74, 6) is 0.818. The van der Waals surface area contributed by atoms with Crippen LogP contribution < -0.4 is 4.74 Å². The molecule has 0 aromatic heterocycles. The summed E-state index contributed by atoms with van der Waals surface area (Å²) >= 11 is 0. The van der Waals surface area contributed by atoms with Crippen molar-refractivity contribution >= 4 is 10.8 Å². The van der Waals surface area contributed by atoms with Crippen LogP contribution in [0.15, 0.2) is 42.5 Å². The summed E-state index contributed by atoms with van der Waals surface area (Å²) in [7, 11) is 1.56. The van der Waals surface area contributed by atoms with Crippen LogP contribution >= 0.6 is 0 Å². The van der Waals surface area contributed by atoms with Crippen molar-refractivity contribution in [1.29, 1.82) is 0 Å². The molecule has 0 aliphatic carbocycles. The molecular formula is C14H16O3. The Balaban J connectivity index is 2.18. The van der Waals surface area contributed by atoms with Crippen molar-refractivity contribution in [3.63, 3.8) is 0 Å². The fraction of sp³-hybridized carbons (Fsp3) is 0.286.